The molecule has 0 aliphatic heterocycles. The van der Waals surface area contributed by atoms with Crippen molar-refractivity contribution in [2.75, 3.05) is 18.2 Å². The quantitative estimate of drug-likeness (QED) is 0.389. The summed E-state index contributed by atoms with van der Waals surface area (Å²) in [5.74, 6) is 1.46. The number of aromatic hydroxyl groups is 1. The van der Waals surface area contributed by atoms with E-state index in [1.54, 1.807) is 43.5 Å². The topological polar surface area (TPSA) is 89.3 Å². The maximum atomic E-state index is 12.6. The molecular formula is C24H22N4O3S. The number of carbonyl (C=O) groups excluding carboxylic acids is 1. The zero-order valence-electron chi connectivity index (χ0n) is 17.4. The second-order valence-corrected chi connectivity index (χ2v) is 7.90. The summed E-state index contributed by atoms with van der Waals surface area (Å²) in [7, 11) is 1.57. The lowest BCUT2D eigenvalue weighted by Crippen LogP contribution is -2.15. The summed E-state index contributed by atoms with van der Waals surface area (Å²) in [5.41, 5.74) is 2.54. The molecule has 1 amide bonds. The summed E-state index contributed by atoms with van der Waals surface area (Å²) in [5, 5.41) is 21.8. The van der Waals surface area contributed by atoms with Gasteiger partial charge in [0.2, 0.25) is 5.91 Å². The number of thioether (sulfide) groups is 1. The number of phenols is 1. The predicted molar refractivity (Wildman–Crippen MR) is 125 cm³/mol. The smallest absolute Gasteiger partial charge is 0.234 e. The van der Waals surface area contributed by atoms with Crippen LogP contribution >= 0.6 is 11.8 Å². The van der Waals surface area contributed by atoms with Gasteiger partial charge in [-0.05, 0) is 42.0 Å². The number of anilines is 1. The number of hydrogen-bond donors (Lipinski definition) is 2. The van der Waals surface area contributed by atoms with Crippen molar-refractivity contribution in [3.05, 3.63) is 84.4 Å². The summed E-state index contributed by atoms with van der Waals surface area (Å²) in [4.78, 5) is 12.6. The molecule has 162 valence electrons. The first-order valence-corrected chi connectivity index (χ1v) is 10.9. The fourth-order valence-electron chi connectivity index (χ4n) is 3.19. The molecule has 7 nitrogen and oxygen atoms in total. The average molecular weight is 447 g/mol. The van der Waals surface area contributed by atoms with Gasteiger partial charge in [0.1, 0.15) is 11.5 Å². The number of aromatic nitrogens is 3. The van der Waals surface area contributed by atoms with E-state index in [1.807, 2.05) is 47.0 Å². The van der Waals surface area contributed by atoms with Gasteiger partial charge < -0.3 is 15.2 Å². The molecule has 8 heteroatoms. The third-order valence-corrected chi connectivity index (χ3v) is 5.71. The molecule has 1 heterocycles. The highest BCUT2D eigenvalue weighted by atomic mass is 32.2. The zero-order chi connectivity index (χ0) is 22.3. The molecular weight excluding hydrogens is 424 g/mol. The second kappa shape index (κ2) is 10.0. The van der Waals surface area contributed by atoms with E-state index in [-0.39, 0.29) is 17.4 Å². The minimum atomic E-state index is -0.167. The molecule has 0 bridgehead atoms. The van der Waals surface area contributed by atoms with E-state index in [4.69, 9.17) is 4.74 Å². The molecule has 2 N–H and O–H groups in total. The molecule has 0 radical (unpaired) electrons. The van der Waals surface area contributed by atoms with Crippen molar-refractivity contribution in [1.82, 2.24) is 14.8 Å². The molecule has 0 saturated carbocycles. The van der Waals surface area contributed by atoms with Crippen LogP contribution in [0.3, 0.4) is 0 Å². The van der Waals surface area contributed by atoms with Gasteiger partial charge in [0.25, 0.3) is 0 Å². The Kier molecular flexibility index (Phi) is 6.72. The summed E-state index contributed by atoms with van der Waals surface area (Å²) < 4.78 is 7.26. The fraction of sp³-hybridized carbons (Fsp3) is 0.125. The largest absolute Gasteiger partial charge is 0.508 e. The molecule has 0 atom stereocenters. The van der Waals surface area contributed by atoms with E-state index < -0.39 is 0 Å². The van der Waals surface area contributed by atoms with Crippen LogP contribution in [0.15, 0.2) is 84.0 Å². The van der Waals surface area contributed by atoms with Crippen LogP contribution in [0, 0.1) is 0 Å². The monoisotopic (exact) mass is 446 g/mol. The molecule has 0 aliphatic rings. The van der Waals surface area contributed by atoms with Crippen molar-refractivity contribution in [2.24, 2.45) is 0 Å². The second-order valence-electron chi connectivity index (χ2n) is 6.96. The summed E-state index contributed by atoms with van der Waals surface area (Å²) in [6, 6.07) is 24.1. The van der Waals surface area contributed by atoms with Crippen LogP contribution in [0.1, 0.15) is 5.56 Å². The highest BCUT2D eigenvalue weighted by Crippen LogP contribution is 2.27. The van der Waals surface area contributed by atoms with Crippen LogP contribution in [0.5, 0.6) is 11.5 Å². The highest BCUT2D eigenvalue weighted by molar-refractivity contribution is 7.99. The van der Waals surface area contributed by atoms with Gasteiger partial charge in [-0.3, -0.25) is 9.36 Å². The number of ether oxygens (including phenoxy) is 1. The number of rotatable bonds is 8. The standard InChI is InChI=1S/C24H22N4O3S/c1-31-21-10-6-5-9-20(21)25-22(30)16-32-24-27-26-23(18-11-13-19(29)14-12-18)28(24)15-17-7-3-2-4-8-17/h2-14,29H,15-16H2,1H3,(H,25,30). The molecule has 0 fully saturated rings. The van der Waals surface area contributed by atoms with Crippen molar-refractivity contribution in [2.45, 2.75) is 11.7 Å². The molecule has 0 unspecified atom stereocenters. The van der Waals surface area contributed by atoms with Gasteiger partial charge in [-0.15, -0.1) is 10.2 Å². The maximum absolute atomic E-state index is 12.6. The molecule has 0 spiro atoms. The van der Waals surface area contributed by atoms with Crippen molar-refractivity contribution in [3.63, 3.8) is 0 Å². The van der Waals surface area contributed by atoms with Crippen LogP contribution in [0.2, 0.25) is 0 Å². The number of para-hydroxylation sites is 2. The Morgan fingerprint density at radius 3 is 2.47 bits per heavy atom. The lowest BCUT2D eigenvalue weighted by molar-refractivity contribution is -0.113. The van der Waals surface area contributed by atoms with Gasteiger partial charge in [-0.2, -0.15) is 0 Å². The first kappa shape index (κ1) is 21.5. The number of benzene rings is 3. The number of hydrogen-bond acceptors (Lipinski definition) is 6. The number of amides is 1. The lowest BCUT2D eigenvalue weighted by atomic mass is 10.2. The number of methoxy groups -OCH3 is 1. The Morgan fingerprint density at radius 2 is 1.72 bits per heavy atom. The fourth-order valence-corrected chi connectivity index (χ4v) is 3.93. The predicted octanol–water partition coefficient (Wildman–Crippen LogP) is 4.44. The minimum Gasteiger partial charge on any atom is -0.508 e. The SMILES string of the molecule is COc1ccccc1NC(=O)CSc1nnc(-c2ccc(O)cc2)n1Cc1ccccc1. The van der Waals surface area contributed by atoms with Gasteiger partial charge >= 0.3 is 0 Å². The molecule has 0 saturated heterocycles. The zero-order valence-corrected chi connectivity index (χ0v) is 18.2. The third kappa shape index (κ3) is 5.09. The Bertz CT molecular complexity index is 1190. The first-order valence-electron chi connectivity index (χ1n) is 9.96. The molecule has 3 aromatic carbocycles. The van der Waals surface area contributed by atoms with Gasteiger partial charge in [-0.1, -0.05) is 54.2 Å². The number of phenolic OH excluding ortho intramolecular Hbond substituents is 1. The molecule has 4 aromatic rings. The van der Waals surface area contributed by atoms with E-state index in [9.17, 15) is 9.90 Å². The first-order chi connectivity index (χ1) is 15.6. The summed E-state index contributed by atoms with van der Waals surface area (Å²) >= 11 is 1.31. The van der Waals surface area contributed by atoms with Crippen molar-refractivity contribution in [1.29, 1.82) is 0 Å². The third-order valence-electron chi connectivity index (χ3n) is 4.74. The van der Waals surface area contributed by atoms with Gasteiger partial charge in [0.15, 0.2) is 11.0 Å². The number of nitrogens with one attached hydrogen (secondary N) is 1. The van der Waals surface area contributed by atoms with E-state index in [2.05, 4.69) is 15.5 Å². The Labute approximate surface area is 190 Å². The van der Waals surface area contributed by atoms with E-state index >= 15 is 0 Å². The normalized spacial score (nSPS) is 10.7. The van der Waals surface area contributed by atoms with E-state index in [1.165, 1.54) is 11.8 Å². The van der Waals surface area contributed by atoms with E-state index in [0.717, 1.165) is 11.1 Å². The average Bonchev–Trinajstić information content (AvgIpc) is 3.21. The van der Waals surface area contributed by atoms with Gasteiger partial charge in [0, 0.05) is 5.56 Å². The van der Waals surface area contributed by atoms with Crippen molar-refractivity contribution < 1.29 is 14.6 Å². The molecule has 1 aromatic heterocycles. The molecule has 32 heavy (non-hydrogen) atoms. The van der Waals surface area contributed by atoms with Crippen LogP contribution in [-0.2, 0) is 11.3 Å². The molecule has 4 rings (SSSR count). The van der Waals surface area contributed by atoms with Crippen LogP contribution in [0.4, 0.5) is 5.69 Å². The number of nitrogens with zero attached hydrogens (tertiary/aromatic N) is 3. The number of carbonyl (C=O) groups is 1. The minimum absolute atomic E-state index is 0.167. The van der Waals surface area contributed by atoms with Crippen molar-refractivity contribution in [3.8, 4) is 22.9 Å². The van der Waals surface area contributed by atoms with E-state index in [0.29, 0.717) is 29.0 Å². The maximum Gasteiger partial charge on any atom is 0.234 e. The lowest BCUT2D eigenvalue weighted by Gasteiger charge is -2.11. The van der Waals surface area contributed by atoms with Gasteiger partial charge in [-0.25, -0.2) is 0 Å². The Morgan fingerprint density at radius 1 is 1.00 bits per heavy atom. The summed E-state index contributed by atoms with van der Waals surface area (Å²) in [6.07, 6.45) is 0. The van der Waals surface area contributed by atoms with Gasteiger partial charge in [0.05, 0.1) is 25.1 Å². The highest BCUT2D eigenvalue weighted by Gasteiger charge is 2.17. The van der Waals surface area contributed by atoms with Crippen LogP contribution in [-0.4, -0.2) is 38.6 Å². The summed E-state index contributed by atoms with van der Waals surface area (Å²) in [6.45, 7) is 0.556. The van der Waals surface area contributed by atoms with Crippen LogP contribution < -0.4 is 10.1 Å². The van der Waals surface area contributed by atoms with Crippen LogP contribution in [0.25, 0.3) is 11.4 Å². The molecule has 0 aliphatic carbocycles. The Hall–Kier alpha value is -3.78. The Balaban J connectivity index is 1.55. The van der Waals surface area contributed by atoms with Crippen molar-refractivity contribution >= 4 is 23.4 Å².